The molecule has 4 aromatic rings. The van der Waals surface area contributed by atoms with E-state index in [0.717, 1.165) is 54.4 Å². The molecular weight excluding hydrogens is 366 g/mol. The lowest BCUT2D eigenvalue weighted by Crippen LogP contribution is -2.07. The van der Waals surface area contributed by atoms with E-state index in [2.05, 4.69) is 22.9 Å². The van der Waals surface area contributed by atoms with E-state index in [9.17, 15) is 0 Å². The van der Waals surface area contributed by atoms with E-state index >= 15 is 0 Å². The summed E-state index contributed by atoms with van der Waals surface area (Å²) in [6.45, 7) is 1.72. The zero-order valence-electron chi connectivity index (χ0n) is 16.0. The highest BCUT2D eigenvalue weighted by Crippen LogP contribution is 2.39. The summed E-state index contributed by atoms with van der Waals surface area (Å²) >= 11 is 0. The van der Waals surface area contributed by atoms with Crippen molar-refractivity contribution in [3.05, 3.63) is 66.1 Å². The van der Waals surface area contributed by atoms with Crippen molar-refractivity contribution >= 4 is 5.65 Å². The Morgan fingerprint density at radius 1 is 1.00 bits per heavy atom. The second-order valence-electron chi connectivity index (χ2n) is 7.48. The molecule has 0 bridgehead atoms. The van der Waals surface area contributed by atoms with Gasteiger partial charge in [0, 0.05) is 23.9 Å². The predicted octanol–water partition coefficient (Wildman–Crippen LogP) is 4.45. The number of rotatable bonds is 4. The highest BCUT2D eigenvalue weighted by atomic mass is 16.7. The van der Waals surface area contributed by atoms with Gasteiger partial charge in [0.15, 0.2) is 17.3 Å². The van der Waals surface area contributed by atoms with Crippen LogP contribution in [0.2, 0.25) is 0 Å². The van der Waals surface area contributed by atoms with E-state index in [1.165, 1.54) is 16.8 Å². The number of aromatic nitrogens is 3. The first kappa shape index (κ1) is 16.5. The number of aryl methyl sites for hydroxylation is 2. The van der Waals surface area contributed by atoms with Gasteiger partial charge in [-0.25, -0.2) is 4.52 Å². The number of hydrogen-bond donors (Lipinski definition) is 0. The van der Waals surface area contributed by atoms with Crippen LogP contribution in [0.15, 0.2) is 54.7 Å². The molecule has 2 aliphatic rings. The van der Waals surface area contributed by atoms with Crippen molar-refractivity contribution in [1.82, 2.24) is 14.2 Å². The largest absolute Gasteiger partial charge is 0.486 e. The first-order valence-electron chi connectivity index (χ1n) is 10.0. The van der Waals surface area contributed by atoms with Crippen LogP contribution in [0.5, 0.6) is 17.2 Å². The number of hydrogen-bond acceptors (Lipinski definition) is 4. The lowest BCUT2D eigenvalue weighted by molar-refractivity contribution is 0.174. The van der Waals surface area contributed by atoms with Crippen molar-refractivity contribution in [2.45, 2.75) is 32.4 Å². The molecule has 2 aliphatic heterocycles. The Kier molecular flexibility index (Phi) is 3.75. The minimum absolute atomic E-state index is 0.292. The molecule has 0 unspecified atom stereocenters. The van der Waals surface area contributed by atoms with Gasteiger partial charge in [-0.15, -0.1) is 5.10 Å². The zero-order valence-corrected chi connectivity index (χ0v) is 16.0. The lowest BCUT2D eigenvalue weighted by Gasteiger charge is -2.08. The SMILES string of the molecule is c1ccc(OCc2nn3cc(-c4ccc5c(c4)OCO5)c4c3n2CCCC4)cc1. The second kappa shape index (κ2) is 6.58. The number of nitrogens with zero attached hydrogens (tertiary/aromatic N) is 3. The van der Waals surface area contributed by atoms with Gasteiger partial charge in [0.1, 0.15) is 18.0 Å². The van der Waals surface area contributed by atoms with Gasteiger partial charge in [0.2, 0.25) is 6.79 Å². The quantitative estimate of drug-likeness (QED) is 0.519. The number of fused-ring (bicyclic) bond motifs is 1. The molecule has 146 valence electrons. The molecule has 0 N–H and O–H groups in total. The molecule has 0 fully saturated rings. The third-order valence-electron chi connectivity index (χ3n) is 5.71. The highest BCUT2D eigenvalue weighted by molar-refractivity contribution is 5.77. The van der Waals surface area contributed by atoms with E-state index in [-0.39, 0.29) is 0 Å². The van der Waals surface area contributed by atoms with Crippen molar-refractivity contribution in [2.75, 3.05) is 6.79 Å². The number of para-hydroxylation sites is 1. The molecule has 6 rings (SSSR count). The fraction of sp³-hybridized carbons (Fsp3) is 0.261. The molecule has 2 aromatic carbocycles. The van der Waals surface area contributed by atoms with Gasteiger partial charge >= 0.3 is 0 Å². The summed E-state index contributed by atoms with van der Waals surface area (Å²) in [5.41, 5.74) is 4.89. The maximum absolute atomic E-state index is 5.98. The van der Waals surface area contributed by atoms with Gasteiger partial charge in [-0.1, -0.05) is 24.3 Å². The Labute approximate surface area is 168 Å². The van der Waals surface area contributed by atoms with Crippen LogP contribution in [0.4, 0.5) is 0 Å². The van der Waals surface area contributed by atoms with Crippen LogP contribution >= 0.6 is 0 Å². The Bertz CT molecular complexity index is 1190. The van der Waals surface area contributed by atoms with Gasteiger partial charge in [-0.05, 0) is 49.1 Å². The van der Waals surface area contributed by atoms with Crippen molar-refractivity contribution < 1.29 is 14.2 Å². The molecule has 0 amide bonds. The van der Waals surface area contributed by atoms with E-state index in [1.807, 2.05) is 40.9 Å². The Morgan fingerprint density at radius 2 is 1.90 bits per heavy atom. The van der Waals surface area contributed by atoms with Crippen molar-refractivity contribution in [1.29, 1.82) is 0 Å². The third kappa shape index (κ3) is 2.75. The Hall–Kier alpha value is -3.41. The fourth-order valence-corrected chi connectivity index (χ4v) is 4.32. The summed E-state index contributed by atoms with van der Waals surface area (Å²) in [6, 6.07) is 16.1. The molecule has 0 spiro atoms. The standard InChI is InChI=1S/C23H21N3O3/c1-2-6-17(7-3-1)27-14-22-24-26-13-19(18-8-4-5-11-25(22)23(18)26)16-9-10-20-21(12-16)29-15-28-20/h1-3,6-7,9-10,12-13H,4-5,8,11,14-15H2. The van der Waals surface area contributed by atoms with Crippen LogP contribution in [0.25, 0.3) is 16.8 Å². The molecule has 0 saturated heterocycles. The van der Waals surface area contributed by atoms with Crippen LogP contribution in [-0.4, -0.2) is 21.0 Å². The monoisotopic (exact) mass is 387 g/mol. The topological polar surface area (TPSA) is 49.9 Å². The molecular formula is C23H21N3O3. The maximum Gasteiger partial charge on any atom is 0.231 e. The van der Waals surface area contributed by atoms with Crippen molar-refractivity contribution in [3.8, 4) is 28.4 Å². The van der Waals surface area contributed by atoms with Gasteiger partial charge in [0.05, 0.1) is 0 Å². The molecule has 4 heterocycles. The normalized spacial score (nSPS) is 14.9. The van der Waals surface area contributed by atoms with E-state index in [4.69, 9.17) is 19.3 Å². The molecule has 0 radical (unpaired) electrons. The van der Waals surface area contributed by atoms with Gasteiger partial charge in [0.25, 0.3) is 0 Å². The molecule has 6 heteroatoms. The molecule has 6 nitrogen and oxygen atoms in total. The average molecular weight is 387 g/mol. The zero-order chi connectivity index (χ0) is 19.2. The predicted molar refractivity (Wildman–Crippen MR) is 108 cm³/mol. The highest BCUT2D eigenvalue weighted by Gasteiger charge is 2.23. The van der Waals surface area contributed by atoms with Crippen LogP contribution in [0.3, 0.4) is 0 Å². The van der Waals surface area contributed by atoms with E-state index < -0.39 is 0 Å². The van der Waals surface area contributed by atoms with Crippen molar-refractivity contribution in [2.24, 2.45) is 0 Å². The van der Waals surface area contributed by atoms with E-state index in [1.54, 1.807) is 0 Å². The third-order valence-corrected chi connectivity index (χ3v) is 5.71. The second-order valence-corrected chi connectivity index (χ2v) is 7.48. The molecule has 29 heavy (non-hydrogen) atoms. The van der Waals surface area contributed by atoms with Crippen LogP contribution in [0, 0.1) is 0 Å². The Balaban J connectivity index is 1.40. The fourth-order valence-electron chi connectivity index (χ4n) is 4.32. The minimum atomic E-state index is 0.292. The first-order chi connectivity index (χ1) is 14.4. The lowest BCUT2D eigenvalue weighted by atomic mass is 10.0. The molecule has 0 saturated carbocycles. The summed E-state index contributed by atoms with van der Waals surface area (Å²) in [4.78, 5) is 0. The summed E-state index contributed by atoms with van der Waals surface area (Å²) in [5, 5.41) is 4.86. The number of benzene rings is 2. The molecule has 2 aromatic heterocycles. The summed E-state index contributed by atoms with van der Waals surface area (Å²) in [5.74, 6) is 3.45. The number of ether oxygens (including phenoxy) is 3. The first-order valence-corrected chi connectivity index (χ1v) is 10.0. The Morgan fingerprint density at radius 3 is 2.83 bits per heavy atom. The van der Waals surface area contributed by atoms with Crippen LogP contribution in [0.1, 0.15) is 24.2 Å². The summed E-state index contributed by atoms with van der Waals surface area (Å²) < 4.78 is 21.4. The van der Waals surface area contributed by atoms with Gasteiger partial charge in [-0.3, -0.25) is 0 Å². The van der Waals surface area contributed by atoms with Crippen LogP contribution in [-0.2, 0) is 19.6 Å². The van der Waals surface area contributed by atoms with Gasteiger partial charge < -0.3 is 18.8 Å². The average Bonchev–Trinajstić information content (AvgIpc) is 3.40. The smallest absolute Gasteiger partial charge is 0.231 e. The molecule has 0 aliphatic carbocycles. The minimum Gasteiger partial charge on any atom is -0.486 e. The maximum atomic E-state index is 5.98. The van der Waals surface area contributed by atoms with E-state index in [0.29, 0.717) is 13.4 Å². The summed E-state index contributed by atoms with van der Waals surface area (Å²) in [6.07, 6.45) is 5.48. The van der Waals surface area contributed by atoms with Gasteiger partial charge in [-0.2, -0.15) is 0 Å². The summed E-state index contributed by atoms with van der Waals surface area (Å²) in [7, 11) is 0. The van der Waals surface area contributed by atoms with Crippen molar-refractivity contribution in [3.63, 3.8) is 0 Å². The molecule has 0 atom stereocenters. The van der Waals surface area contributed by atoms with Crippen LogP contribution < -0.4 is 14.2 Å².